The van der Waals surface area contributed by atoms with Crippen molar-refractivity contribution in [1.29, 1.82) is 0 Å². The summed E-state index contributed by atoms with van der Waals surface area (Å²) in [7, 11) is 2.05. The molecule has 1 heterocycles. The topological polar surface area (TPSA) is 24.5 Å². The highest BCUT2D eigenvalue weighted by Crippen LogP contribution is 2.19. The van der Waals surface area contributed by atoms with E-state index in [1.807, 2.05) is 0 Å². The fourth-order valence-electron chi connectivity index (χ4n) is 2.85. The van der Waals surface area contributed by atoms with Crippen molar-refractivity contribution in [3.8, 4) is 0 Å². The van der Waals surface area contributed by atoms with E-state index < -0.39 is 0 Å². The van der Waals surface area contributed by atoms with Crippen molar-refractivity contribution in [2.45, 2.75) is 45.4 Å². The van der Waals surface area contributed by atoms with Gasteiger partial charge >= 0.3 is 0 Å². The van der Waals surface area contributed by atoms with Gasteiger partial charge in [0.05, 0.1) is 12.7 Å². The van der Waals surface area contributed by atoms with E-state index in [4.69, 9.17) is 4.74 Å². The van der Waals surface area contributed by atoms with Crippen LogP contribution in [0.5, 0.6) is 0 Å². The van der Waals surface area contributed by atoms with Crippen molar-refractivity contribution in [2.24, 2.45) is 0 Å². The van der Waals surface area contributed by atoms with Crippen LogP contribution in [0.25, 0.3) is 0 Å². The number of nitrogens with one attached hydrogen (secondary N) is 1. The van der Waals surface area contributed by atoms with Gasteiger partial charge in [-0.3, -0.25) is 4.90 Å². The molecular formula is C17H28N2O. The maximum absolute atomic E-state index is 5.69. The third kappa shape index (κ3) is 4.05. The molecule has 1 N–H and O–H groups in total. The Morgan fingerprint density at radius 2 is 2.00 bits per heavy atom. The van der Waals surface area contributed by atoms with Crippen LogP contribution in [0, 0.1) is 6.92 Å². The molecule has 0 saturated carbocycles. The van der Waals surface area contributed by atoms with Crippen molar-refractivity contribution >= 4 is 0 Å². The Labute approximate surface area is 123 Å². The van der Waals surface area contributed by atoms with E-state index in [1.165, 1.54) is 11.1 Å². The van der Waals surface area contributed by atoms with Crippen molar-refractivity contribution in [1.82, 2.24) is 10.2 Å². The predicted molar refractivity (Wildman–Crippen MR) is 84.0 cm³/mol. The average Bonchev–Trinajstić information content (AvgIpc) is 2.45. The largest absolute Gasteiger partial charge is 0.376 e. The van der Waals surface area contributed by atoms with Gasteiger partial charge in [0.15, 0.2) is 0 Å². The summed E-state index contributed by atoms with van der Waals surface area (Å²) in [6.07, 6.45) is 1.50. The first-order valence-corrected chi connectivity index (χ1v) is 7.69. The molecule has 1 aliphatic rings. The molecule has 1 aromatic carbocycles. The Kier molecular flexibility index (Phi) is 5.58. The maximum Gasteiger partial charge on any atom is 0.0674 e. The molecule has 3 heteroatoms. The highest BCUT2D eigenvalue weighted by Gasteiger charge is 2.23. The van der Waals surface area contributed by atoms with Gasteiger partial charge in [-0.25, -0.2) is 0 Å². The molecule has 0 aliphatic carbocycles. The van der Waals surface area contributed by atoms with Crippen LogP contribution in [0.3, 0.4) is 0 Å². The number of benzene rings is 1. The Balaban J connectivity index is 1.91. The van der Waals surface area contributed by atoms with Crippen LogP contribution in [0.15, 0.2) is 24.3 Å². The lowest BCUT2D eigenvalue weighted by atomic mass is 10.0. The van der Waals surface area contributed by atoms with E-state index in [1.54, 1.807) is 0 Å². The van der Waals surface area contributed by atoms with Gasteiger partial charge in [-0.05, 0) is 39.8 Å². The monoisotopic (exact) mass is 276 g/mol. The highest BCUT2D eigenvalue weighted by atomic mass is 16.5. The highest BCUT2D eigenvalue weighted by molar-refractivity contribution is 5.24. The Hall–Kier alpha value is -0.900. The first-order chi connectivity index (χ1) is 9.60. The number of morpholine rings is 1. The fourth-order valence-corrected chi connectivity index (χ4v) is 2.85. The summed E-state index contributed by atoms with van der Waals surface area (Å²) >= 11 is 0. The lowest BCUT2D eigenvalue weighted by Gasteiger charge is -2.37. The predicted octanol–water partition coefficient (Wildman–Crippen LogP) is 2.75. The molecule has 112 valence electrons. The Bertz CT molecular complexity index is 404. The van der Waals surface area contributed by atoms with Crippen LogP contribution in [-0.2, 0) is 4.74 Å². The van der Waals surface area contributed by atoms with E-state index in [9.17, 15) is 0 Å². The number of aryl methyl sites for hydroxylation is 1. The van der Waals surface area contributed by atoms with Crippen molar-refractivity contribution in [2.75, 3.05) is 26.7 Å². The van der Waals surface area contributed by atoms with E-state index in [-0.39, 0.29) is 0 Å². The van der Waals surface area contributed by atoms with Gasteiger partial charge in [-0.1, -0.05) is 29.8 Å². The molecule has 1 aliphatic heterocycles. The van der Waals surface area contributed by atoms with Gasteiger partial charge < -0.3 is 10.1 Å². The first kappa shape index (κ1) is 15.5. The molecule has 1 saturated heterocycles. The molecule has 3 unspecified atom stereocenters. The van der Waals surface area contributed by atoms with Gasteiger partial charge in [0.1, 0.15) is 0 Å². The number of hydrogen-bond acceptors (Lipinski definition) is 3. The van der Waals surface area contributed by atoms with Crippen LogP contribution in [0.2, 0.25) is 0 Å². The fraction of sp³-hybridized carbons (Fsp3) is 0.647. The van der Waals surface area contributed by atoms with Gasteiger partial charge in [0.25, 0.3) is 0 Å². The van der Waals surface area contributed by atoms with Crippen molar-refractivity contribution in [3.63, 3.8) is 0 Å². The minimum atomic E-state index is 0.360. The summed E-state index contributed by atoms with van der Waals surface area (Å²) in [5, 5.41) is 3.45. The zero-order chi connectivity index (χ0) is 14.5. The second-order valence-electron chi connectivity index (χ2n) is 6.03. The molecule has 0 bridgehead atoms. The van der Waals surface area contributed by atoms with Crippen molar-refractivity contribution < 1.29 is 4.74 Å². The van der Waals surface area contributed by atoms with Gasteiger partial charge in [0.2, 0.25) is 0 Å². The molecule has 0 spiro atoms. The normalized spacial score (nSPS) is 25.6. The summed E-state index contributed by atoms with van der Waals surface area (Å²) in [5.41, 5.74) is 2.70. The maximum atomic E-state index is 5.69. The van der Waals surface area contributed by atoms with E-state index in [0.717, 1.165) is 26.1 Å². The van der Waals surface area contributed by atoms with E-state index in [2.05, 4.69) is 62.3 Å². The molecule has 2 rings (SSSR count). The van der Waals surface area contributed by atoms with Crippen LogP contribution >= 0.6 is 0 Å². The molecule has 20 heavy (non-hydrogen) atoms. The van der Waals surface area contributed by atoms with Crippen LogP contribution in [-0.4, -0.2) is 43.8 Å². The SMILES string of the molecule is CNC(CCN1CC(C)OCC1C)c1ccc(C)cc1. The van der Waals surface area contributed by atoms with E-state index >= 15 is 0 Å². The average molecular weight is 276 g/mol. The van der Waals surface area contributed by atoms with Crippen LogP contribution in [0.4, 0.5) is 0 Å². The molecule has 0 aromatic heterocycles. The summed E-state index contributed by atoms with van der Waals surface area (Å²) in [6.45, 7) is 9.57. The number of nitrogens with zero attached hydrogens (tertiary/aromatic N) is 1. The molecule has 3 atom stereocenters. The Morgan fingerprint density at radius 1 is 1.30 bits per heavy atom. The zero-order valence-electron chi connectivity index (χ0n) is 13.2. The quantitative estimate of drug-likeness (QED) is 0.895. The summed E-state index contributed by atoms with van der Waals surface area (Å²) < 4.78 is 5.69. The van der Waals surface area contributed by atoms with Crippen LogP contribution < -0.4 is 5.32 Å². The molecular weight excluding hydrogens is 248 g/mol. The lowest BCUT2D eigenvalue weighted by Crippen LogP contribution is -2.48. The number of hydrogen-bond donors (Lipinski definition) is 1. The molecule has 3 nitrogen and oxygen atoms in total. The smallest absolute Gasteiger partial charge is 0.0674 e. The van der Waals surface area contributed by atoms with E-state index in [0.29, 0.717) is 18.2 Å². The minimum absolute atomic E-state index is 0.360. The third-order valence-electron chi connectivity index (χ3n) is 4.27. The molecule has 1 aromatic rings. The summed E-state index contributed by atoms with van der Waals surface area (Å²) in [5.74, 6) is 0. The number of ether oxygens (including phenoxy) is 1. The second-order valence-corrected chi connectivity index (χ2v) is 6.03. The molecule has 0 amide bonds. The molecule has 0 radical (unpaired) electrons. The zero-order valence-corrected chi connectivity index (χ0v) is 13.2. The first-order valence-electron chi connectivity index (χ1n) is 7.69. The number of rotatable bonds is 5. The van der Waals surface area contributed by atoms with Gasteiger partial charge in [-0.15, -0.1) is 0 Å². The second kappa shape index (κ2) is 7.21. The lowest BCUT2D eigenvalue weighted by molar-refractivity contribution is -0.0502. The van der Waals surface area contributed by atoms with Gasteiger partial charge in [-0.2, -0.15) is 0 Å². The third-order valence-corrected chi connectivity index (χ3v) is 4.27. The summed E-state index contributed by atoms with van der Waals surface area (Å²) in [6, 6.07) is 9.82. The standard InChI is InChI=1S/C17H28N2O/c1-13-5-7-16(8-6-13)17(18-4)9-10-19-11-15(3)20-12-14(19)2/h5-8,14-15,17-18H,9-12H2,1-4H3. The van der Waals surface area contributed by atoms with Gasteiger partial charge in [0, 0.05) is 25.2 Å². The Morgan fingerprint density at radius 3 is 2.65 bits per heavy atom. The minimum Gasteiger partial charge on any atom is -0.376 e. The summed E-state index contributed by atoms with van der Waals surface area (Å²) in [4.78, 5) is 2.55. The van der Waals surface area contributed by atoms with Crippen molar-refractivity contribution in [3.05, 3.63) is 35.4 Å². The molecule has 1 fully saturated rings. The van der Waals surface area contributed by atoms with Crippen LogP contribution in [0.1, 0.15) is 37.4 Å².